The van der Waals surface area contributed by atoms with Crippen LogP contribution < -0.4 is 4.74 Å². The summed E-state index contributed by atoms with van der Waals surface area (Å²) in [7, 11) is 1.58. The lowest BCUT2D eigenvalue weighted by molar-refractivity contribution is -0.151. The third-order valence-electron chi connectivity index (χ3n) is 4.79. The standard InChI is InChI=1S/C17H25NO3/c1-3-5-13-7-9-17(10-8-13,16(19)20)12-14-6-4-11-18-15(14)21-2/h4,6,11,13H,3,5,7-10,12H2,1-2H3,(H,19,20). The Morgan fingerprint density at radius 2 is 2.19 bits per heavy atom. The first-order valence-electron chi connectivity index (χ1n) is 7.82. The number of aromatic nitrogens is 1. The molecule has 1 N–H and O–H groups in total. The number of hydrogen-bond donors (Lipinski definition) is 1. The van der Waals surface area contributed by atoms with E-state index in [1.807, 2.05) is 12.1 Å². The minimum absolute atomic E-state index is 0.512. The summed E-state index contributed by atoms with van der Waals surface area (Å²) in [6.45, 7) is 2.19. The summed E-state index contributed by atoms with van der Waals surface area (Å²) >= 11 is 0. The number of carboxylic acids is 1. The molecule has 0 saturated heterocycles. The lowest BCUT2D eigenvalue weighted by atomic mass is 9.67. The average Bonchev–Trinajstić information content (AvgIpc) is 2.50. The van der Waals surface area contributed by atoms with Gasteiger partial charge >= 0.3 is 5.97 Å². The van der Waals surface area contributed by atoms with Crippen LogP contribution in [-0.4, -0.2) is 23.2 Å². The number of rotatable bonds is 6. The first-order chi connectivity index (χ1) is 10.1. The van der Waals surface area contributed by atoms with Gasteiger partial charge in [0.05, 0.1) is 12.5 Å². The molecule has 1 heterocycles. The highest BCUT2D eigenvalue weighted by Gasteiger charge is 2.42. The van der Waals surface area contributed by atoms with Crippen LogP contribution in [0.25, 0.3) is 0 Å². The fourth-order valence-electron chi connectivity index (χ4n) is 3.50. The second-order valence-electron chi connectivity index (χ2n) is 6.17. The molecular weight excluding hydrogens is 266 g/mol. The largest absolute Gasteiger partial charge is 0.481 e. The Hall–Kier alpha value is -1.58. The van der Waals surface area contributed by atoms with Crippen molar-refractivity contribution in [3.63, 3.8) is 0 Å². The van der Waals surface area contributed by atoms with Gasteiger partial charge in [-0.2, -0.15) is 0 Å². The topological polar surface area (TPSA) is 59.4 Å². The van der Waals surface area contributed by atoms with Crippen LogP contribution in [0.4, 0.5) is 0 Å². The maximum Gasteiger partial charge on any atom is 0.309 e. The number of ether oxygens (including phenoxy) is 1. The van der Waals surface area contributed by atoms with Crippen molar-refractivity contribution < 1.29 is 14.6 Å². The molecule has 2 rings (SSSR count). The third kappa shape index (κ3) is 3.55. The molecule has 1 fully saturated rings. The van der Waals surface area contributed by atoms with Gasteiger partial charge in [-0.25, -0.2) is 4.98 Å². The van der Waals surface area contributed by atoms with E-state index in [4.69, 9.17) is 4.74 Å². The average molecular weight is 291 g/mol. The normalized spacial score (nSPS) is 25.5. The van der Waals surface area contributed by atoms with E-state index < -0.39 is 11.4 Å². The Kier molecular flexibility index (Phi) is 5.21. The minimum atomic E-state index is -0.677. The van der Waals surface area contributed by atoms with Crippen molar-refractivity contribution in [2.45, 2.75) is 51.9 Å². The zero-order valence-electron chi connectivity index (χ0n) is 13.0. The SMILES string of the molecule is CCCC1CCC(Cc2cccnc2OC)(C(=O)O)CC1. The van der Waals surface area contributed by atoms with Crippen LogP contribution >= 0.6 is 0 Å². The number of hydrogen-bond acceptors (Lipinski definition) is 3. The van der Waals surface area contributed by atoms with Crippen LogP contribution in [0, 0.1) is 11.3 Å². The number of carboxylic acid groups (broad SMARTS) is 1. The molecule has 0 aromatic carbocycles. The maximum absolute atomic E-state index is 11.9. The Balaban J connectivity index is 2.15. The Morgan fingerprint density at radius 1 is 1.48 bits per heavy atom. The highest BCUT2D eigenvalue weighted by atomic mass is 16.5. The predicted octanol–water partition coefficient (Wildman–Crippen LogP) is 3.69. The molecule has 1 aliphatic carbocycles. The van der Waals surface area contributed by atoms with Crippen LogP contribution in [0.2, 0.25) is 0 Å². The number of methoxy groups -OCH3 is 1. The lowest BCUT2D eigenvalue weighted by Crippen LogP contribution is -2.37. The van der Waals surface area contributed by atoms with Crippen LogP contribution in [0.3, 0.4) is 0 Å². The molecular formula is C17H25NO3. The van der Waals surface area contributed by atoms with E-state index in [0.29, 0.717) is 18.2 Å². The van der Waals surface area contributed by atoms with Crippen molar-refractivity contribution >= 4 is 5.97 Å². The molecule has 1 aliphatic rings. The molecule has 0 unspecified atom stereocenters. The van der Waals surface area contributed by atoms with Gasteiger partial charge in [-0.15, -0.1) is 0 Å². The van der Waals surface area contributed by atoms with E-state index in [1.165, 1.54) is 12.8 Å². The van der Waals surface area contributed by atoms with Gasteiger partial charge < -0.3 is 9.84 Å². The number of carbonyl (C=O) groups is 1. The van der Waals surface area contributed by atoms with Crippen LogP contribution in [0.15, 0.2) is 18.3 Å². The van der Waals surface area contributed by atoms with Crippen molar-refractivity contribution in [2.75, 3.05) is 7.11 Å². The smallest absolute Gasteiger partial charge is 0.309 e. The van der Waals surface area contributed by atoms with Crippen molar-refractivity contribution in [2.24, 2.45) is 11.3 Å². The lowest BCUT2D eigenvalue weighted by Gasteiger charge is -2.37. The molecule has 1 aromatic rings. The first kappa shape index (κ1) is 15.8. The molecule has 0 bridgehead atoms. The second kappa shape index (κ2) is 6.92. The summed E-state index contributed by atoms with van der Waals surface area (Å²) in [5.41, 5.74) is 0.247. The summed E-state index contributed by atoms with van der Waals surface area (Å²) < 4.78 is 5.27. The van der Waals surface area contributed by atoms with E-state index in [0.717, 1.165) is 31.2 Å². The van der Waals surface area contributed by atoms with Gasteiger partial charge in [-0.1, -0.05) is 25.8 Å². The van der Waals surface area contributed by atoms with Crippen LogP contribution in [0.5, 0.6) is 5.88 Å². The van der Waals surface area contributed by atoms with Gasteiger partial charge in [0, 0.05) is 11.8 Å². The quantitative estimate of drug-likeness (QED) is 0.868. The third-order valence-corrected chi connectivity index (χ3v) is 4.79. The zero-order chi connectivity index (χ0) is 15.3. The minimum Gasteiger partial charge on any atom is -0.481 e. The van der Waals surface area contributed by atoms with Gasteiger partial charge in [0.15, 0.2) is 0 Å². The van der Waals surface area contributed by atoms with Gasteiger partial charge in [0.2, 0.25) is 5.88 Å². The predicted molar refractivity (Wildman–Crippen MR) is 81.4 cm³/mol. The molecule has 0 aliphatic heterocycles. The molecule has 1 saturated carbocycles. The van der Waals surface area contributed by atoms with E-state index in [2.05, 4.69) is 11.9 Å². The molecule has 1 aromatic heterocycles. The molecule has 4 nitrogen and oxygen atoms in total. The highest BCUT2D eigenvalue weighted by molar-refractivity contribution is 5.75. The van der Waals surface area contributed by atoms with Crippen molar-refractivity contribution in [1.29, 1.82) is 0 Å². The van der Waals surface area contributed by atoms with Crippen molar-refractivity contribution in [3.8, 4) is 5.88 Å². The van der Waals surface area contributed by atoms with Gasteiger partial charge in [0.1, 0.15) is 0 Å². The molecule has 4 heteroatoms. The van der Waals surface area contributed by atoms with Crippen molar-refractivity contribution in [3.05, 3.63) is 23.9 Å². The summed E-state index contributed by atoms with van der Waals surface area (Å²) in [6.07, 6.45) is 8.13. The Bertz CT molecular complexity index is 479. The summed E-state index contributed by atoms with van der Waals surface area (Å²) in [5.74, 6) is 0.565. The first-order valence-corrected chi connectivity index (χ1v) is 7.82. The summed E-state index contributed by atoms with van der Waals surface area (Å²) in [6, 6.07) is 3.77. The molecule has 0 spiro atoms. The molecule has 0 atom stereocenters. The maximum atomic E-state index is 11.9. The molecule has 116 valence electrons. The molecule has 0 radical (unpaired) electrons. The number of nitrogens with zero attached hydrogens (tertiary/aromatic N) is 1. The van der Waals surface area contributed by atoms with Gasteiger partial charge in [-0.3, -0.25) is 4.79 Å². The van der Waals surface area contributed by atoms with Crippen LogP contribution in [-0.2, 0) is 11.2 Å². The summed E-state index contributed by atoms with van der Waals surface area (Å²) in [5, 5.41) is 9.77. The van der Waals surface area contributed by atoms with Gasteiger partial charge in [0.25, 0.3) is 0 Å². The number of pyridine rings is 1. The summed E-state index contributed by atoms with van der Waals surface area (Å²) in [4.78, 5) is 16.1. The van der Waals surface area contributed by atoms with E-state index >= 15 is 0 Å². The fourth-order valence-corrected chi connectivity index (χ4v) is 3.50. The van der Waals surface area contributed by atoms with E-state index in [-0.39, 0.29) is 0 Å². The monoisotopic (exact) mass is 291 g/mol. The number of aliphatic carboxylic acids is 1. The highest BCUT2D eigenvalue weighted by Crippen LogP contribution is 2.43. The fraction of sp³-hybridized carbons (Fsp3) is 0.647. The second-order valence-corrected chi connectivity index (χ2v) is 6.17. The Labute approximate surface area is 126 Å². The van der Waals surface area contributed by atoms with Crippen molar-refractivity contribution in [1.82, 2.24) is 4.98 Å². The Morgan fingerprint density at radius 3 is 2.76 bits per heavy atom. The molecule has 21 heavy (non-hydrogen) atoms. The van der Waals surface area contributed by atoms with Gasteiger partial charge in [-0.05, 0) is 44.1 Å². The van der Waals surface area contributed by atoms with Crippen LogP contribution in [0.1, 0.15) is 51.0 Å². The van der Waals surface area contributed by atoms with E-state index in [9.17, 15) is 9.90 Å². The zero-order valence-corrected chi connectivity index (χ0v) is 13.0. The molecule has 0 amide bonds. The van der Waals surface area contributed by atoms with E-state index in [1.54, 1.807) is 13.3 Å².